The molecule has 0 aromatic heterocycles. The highest BCUT2D eigenvalue weighted by atomic mass is 19.4. The molecule has 1 aliphatic rings. The highest BCUT2D eigenvalue weighted by Crippen LogP contribution is 2.29. The lowest BCUT2D eigenvalue weighted by molar-refractivity contribution is -0.0884. The van der Waals surface area contributed by atoms with Crippen molar-refractivity contribution in [3.8, 4) is 0 Å². The van der Waals surface area contributed by atoms with Gasteiger partial charge in [0.15, 0.2) is 0 Å². The number of rotatable bonds is 2. The molecule has 0 bridgehead atoms. The van der Waals surface area contributed by atoms with Crippen LogP contribution in [0.3, 0.4) is 0 Å². The van der Waals surface area contributed by atoms with E-state index in [2.05, 4.69) is 5.32 Å². The van der Waals surface area contributed by atoms with Crippen molar-refractivity contribution in [3.05, 3.63) is 35.5 Å². The Balaban J connectivity index is 2.98. The molecular weight excluding hydrogens is 203 g/mol. The molecule has 0 saturated carbocycles. The smallest absolute Gasteiger partial charge is 0.313 e. The van der Waals surface area contributed by atoms with Crippen LogP contribution in [0.15, 0.2) is 35.5 Å². The molecule has 4 heteroatoms. The van der Waals surface area contributed by atoms with Crippen LogP contribution in [0.4, 0.5) is 13.2 Å². The first kappa shape index (κ1) is 12.0. The number of likely N-dealkylation sites (N-methyl/N-ethyl adjacent to an activating group) is 1. The van der Waals surface area contributed by atoms with Gasteiger partial charge in [-0.15, -0.1) is 0 Å². The van der Waals surface area contributed by atoms with Crippen molar-refractivity contribution in [2.75, 3.05) is 7.05 Å². The maximum Gasteiger partial charge on any atom is 0.416 e. The first-order valence-electron chi connectivity index (χ1n) is 4.78. The first-order valence-corrected chi connectivity index (χ1v) is 4.78. The quantitative estimate of drug-likeness (QED) is 0.749. The zero-order chi connectivity index (χ0) is 11.5. The molecule has 15 heavy (non-hydrogen) atoms. The van der Waals surface area contributed by atoms with Crippen LogP contribution in [0.25, 0.3) is 0 Å². The summed E-state index contributed by atoms with van der Waals surface area (Å²) < 4.78 is 37.5. The number of allylic oxidation sites excluding steroid dienone is 4. The molecule has 0 fully saturated rings. The van der Waals surface area contributed by atoms with Gasteiger partial charge in [0.05, 0.1) is 5.57 Å². The normalized spacial score (nSPS) is 19.3. The molecule has 0 spiro atoms. The van der Waals surface area contributed by atoms with E-state index in [9.17, 15) is 13.2 Å². The van der Waals surface area contributed by atoms with Crippen LogP contribution in [-0.4, -0.2) is 19.3 Å². The molecular formula is C11H14F3N. The third-order valence-corrected chi connectivity index (χ3v) is 2.37. The Labute approximate surface area is 87.4 Å². The summed E-state index contributed by atoms with van der Waals surface area (Å²) in [4.78, 5) is 0. The summed E-state index contributed by atoms with van der Waals surface area (Å²) in [5.41, 5.74) is 0.0863. The number of halogens is 3. The van der Waals surface area contributed by atoms with Gasteiger partial charge < -0.3 is 5.32 Å². The van der Waals surface area contributed by atoms with Gasteiger partial charge >= 0.3 is 6.18 Å². The van der Waals surface area contributed by atoms with Crippen LogP contribution in [0.1, 0.15) is 13.3 Å². The van der Waals surface area contributed by atoms with Crippen LogP contribution in [0.2, 0.25) is 0 Å². The zero-order valence-corrected chi connectivity index (χ0v) is 8.73. The van der Waals surface area contributed by atoms with Gasteiger partial charge in [-0.05, 0) is 32.0 Å². The molecule has 0 radical (unpaired) electrons. The standard InChI is InChI=1S/C11H14F3N/c1-8(15-2)9-5-3-4-6-10(7-9)11(12,13)14/h3,5-8,15H,4H2,1-2H3. The minimum absolute atomic E-state index is 0.0786. The van der Waals surface area contributed by atoms with Gasteiger partial charge in [0.25, 0.3) is 0 Å². The van der Waals surface area contributed by atoms with E-state index in [1.165, 1.54) is 12.2 Å². The second kappa shape index (κ2) is 4.66. The van der Waals surface area contributed by atoms with Crippen molar-refractivity contribution in [3.63, 3.8) is 0 Å². The molecule has 1 rings (SSSR count). The molecule has 1 N–H and O–H groups in total. The van der Waals surface area contributed by atoms with E-state index in [0.717, 1.165) is 0 Å². The third kappa shape index (κ3) is 3.23. The molecule has 0 aromatic carbocycles. The van der Waals surface area contributed by atoms with E-state index < -0.39 is 11.7 Å². The van der Waals surface area contributed by atoms with Crippen molar-refractivity contribution in [1.82, 2.24) is 5.32 Å². The Morgan fingerprint density at radius 1 is 1.40 bits per heavy atom. The molecule has 1 atom stereocenters. The van der Waals surface area contributed by atoms with Crippen molar-refractivity contribution in [2.45, 2.75) is 25.6 Å². The molecule has 1 nitrogen and oxygen atoms in total. The lowest BCUT2D eigenvalue weighted by atomic mass is 10.1. The van der Waals surface area contributed by atoms with E-state index in [4.69, 9.17) is 0 Å². The third-order valence-electron chi connectivity index (χ3n) is 2.37. The average Bonchev–Trinajstić information content (AvgIpc) is 2.40. The average molecular weight is 217 g/mol. The molecule has 0 aromatic rings. The summed E-state index contributed by atoms with van der Waals surface area (Å²) in [5, 5.41) is 2.92. The monoisotopic (exact) mass is 217 g/mol. The summed E-state index contributed by atoms with van der Waals surface area (Å²) in [6.45, 7) is 1.83. The van der Waals surface area contributed by atoms with Crippen molar-refractivity contribution in [2.24, 2.45) is 0 Å². The van der Waals surface area contributed by atoms with Gasteiger partial charge in [0.2, 0.25) is 0 Å². The summed E-state index contributed by atoms with van der Waals surface area (Å²) in [6, 6.07) is -0.0786. The molecule has 0 saturated heterocycles. The first-order chi connectivity index (χ1) is 6.95. The molecule has 0 amide bonds. The Bertz CT molecular complexity index is 310. The van der Waals surface area contributed by atoms with Gasteiger partial charge in [-0.3, -0.25) is 0 Å². The molecule has 1 unspecified atom stereocenters. The van der Waals surface area contributed by atoms with E-state index in [1.54, 1.807) is 19.2 Å². The van der Waals surface area contributed by atoms with Crippen molar-refractivity contribution >= 4 is 0 Å². The summed E-state index contributed by atoms with van der Waals surface area (Å²) in [6.07, 6.45) is 1.93. The fourth-order valence-electron chi connectivity index (χ4n) is 1.32. The highest BCUT2D eigenvalue weighted by Gasteiger charge is 2.32. The zero-order valence-electron chi connectivity index (χ0n) is 8.73. The molecule has 0 heterocycles. The molecule has 84 valence electrons. The maximum absolute atomic E-state index is 12.5. The second-order valence-corrected chi connectivity index (χ2v) is 3.45. The summed E-state index contributed by atoms with van der Waals surface area (Å²) in [5.74, 6) is 0. The lowest BCUT2D eigenvalue weighted by Crippen LogP contribution is -2.23. The van der Waals surface area contributed by atoms with Crippen LogP contribution in [0.5, 0.6) is 0 Å². The number of nitrogens with one attached hydrogen (secondary N) is 1. The Morgan fingerprint density at radius 2 is 2.07 bits per heavy atom. The molecule has 0 aliphatic heterocycles. The number of hydrogen-bond donors (Lipinski definition) is 1. The lowest BCUT2D eigenvalue weighted by Gasteiger charge is -2.13. The van der Waals surface area contributed by atoms with Gasteiger partial charge in [-0.25, -0.2) is 0 Å². The summed E-state index contributed by atoms with van der Waals surface area (Å²) >= 11 is 0. The predicted octanol–water partition coefficient (Wildman–Crippen LogP) is 2.97. The maximum atomic E-state index is 12.5. The SMILES string of the molecule is CNC(C)C1=CC(C(F)(F)F)=CCC=C1. The largest absolute Gasteiger partial charge is 0.416 e. The minimum atomic E-state index is -4.26. The fraction of sp³-hybridized carbons (Fsp3) is 0.455. The number of alkyl halides is 3. The van der Waals surface area contributed by atoms with Gasteiger partial charge in [-0.1, -0.05) is 18.2 Å². The number of hydrogen-bond acceptors (Lipinski definition) is 1. The highest BCUT2D eigenvalue weighted by molar-refractivity contribution is 5.38. The predicted molar refractivity (Wildman–Crippen MR) is 54.5 cm³/mol. The van der Waals surface area contributed by atoms with Gasteiger partial charge in [-0.2, -0.15) is 13.2 Å². The van der Waals surface area contributed by atoms with Crippen LogP contribution < -0.4 is 5.32 Å². The van der Waals surface area contributed by atoms with E-state index >= 15 is 0 Å². The van der Waals surface area contributed by atoms with E-state index in [0.29, 0.717) is 12.0 Å². The Morgan fingerprint density at radius 3 is 2.60 bits per heavy atom. The van der Waals surface area contributed by atoms with Crippen LogP contribution in [-0.2, 0) is 0 Å². The van der Waals surface area contributed by atoms with E-state index in [1.807, 2.05) is 6.92 Å². The van der Waals surface area contributed by atoms with Gasteiger partial charge in [0.1, 0.15) is 0 Å². The molecule has 1 aliphatic carbocycles. The second-order valence-electron chi connectivity index (χ2n) is 3.45. The fourth-order valence-corrected chi connectivity index (χ4v) is 1.32. The van der Waals surface area contributed by atoms with E-state index in [-0.39, 0.29) is 6.04 Å². The van der Waals surface area contributed by atoms with Crippen LogP contribution in [0, 0.1) is 0 Å². The van der Waals surface area contributed by atoms with Crippen LogP contribution >= 0.6 is 0 Å². The Kier molecular flexibility index (Phi) is 3.74. The topological polar surface area (TPSA) is 12.0 Å². The van der Waals surface area contributed by atoms with Crippen molar-refractivity contribution < 1.29 is 13.2 Å². The summed E-state index contributed by atoms with van der Waals surface area (Å²) in [7, 11) is 1.72. The van der Waals surface area contributed by atoms with Crippen molar-refractivity contribution in [1.29, 1.82) is 0 Å². The minimum Gasteiger partial charge on any atom is -0.313 e. The Hall–Kier alpha value is -1.03. The van der Waals surface area contributed by atoms with Gasteiger partial charge in [0, 0.05) is 6.04 Å².